The van der Waals surface area contributed by atoms with Gasteiger partial charge in [0.1, 0.15) is 5.69 Å². The fourth-order valence-corrected chi connectivity index (χ4v) is 1.61. The molecule has 0 fully saturated rings. The molecule has 3 nitrogen and oxygen atoms in total. The molecular formula is C14H9F5N2O. The summed E-state index contributed by atoms with van der Waals surface area (Å²) in [6, 6.07) is 8.64. The van der Waals surface area contributed by atoms with Crippen LogP contribution >= 0.6 is 0 Å². The Morgan fingerprint density at radius 3 is 2.27 bits per heavy atom. The van der Waals surface area contributed by atoms with Crippen molar-refractivity contribution in [3.05, 3.63) is 53.5 Å². The zero-order chi connectivity index (χ0) is 16.3. The quantitative estimate of drug-likeness (QED) is 0.668. The summed E-state index contributed by atoms with van der Waals surface area (Å²) in [5, 5.41) is 8.92. The predicted molar refractivity (Wildman–Crippen MR) is 69.1 cm³/mol. The molecule has 0 aliphatic rings. The molecular weight excluding hydrogens is 307 g/mol. The molecule has 0 saturated carbocycles. The number of rotatable bonds is 3. The third-order valence-electron chi connectivity index (χ3n) is 2.60. The van der Waals surface area contributed by atoms with Crippen LogP contribution in [-0.4, -0.2) is 21.3 Å². The number of benzene rings is 1. The van der Waals surface area contributed by atoms with E-state index in [1.165, 1.54) is 12.1 Å². The van der Waals surface area contributed by atoms with E-state index in [0.717, 1.165) is 0 Å². The van der Waals surface area contributed by atoms with E-state index >= 15 is 0 Å². The molecule has 0 atom stereocenters. The number of nitrogens with zero attached hydrogens (tertiary/aromatic N) is 2. The van der Waals surface area contributed by atoms with Gasteiger partial charge in [-0.05, 0) is 6.07 Å². The lowest BCUT2D eigenvalue weighted by molar-refractivity contribution is -0.119. The van der Waals surface area contributed by atoms with Crippen LogP contribution in [0.4, 0.5) is 22.0 Å². The number of aliphatic hydroxyl groups excluding tert-OH is 1. The van der Waals surface area contributed by atoms with Crippen LogP contribution in [-0.2, 0) is 0 Å². The van der Waals surface area contributed by atoms with Crippen LogP contribution in [0.25, 0.3) is 17.5 Å². The van der Waals surface area contributed by atoms with E-state index in [1.54, 1.807) is 18.2 Å². The fourth-order valence-electron chi connectivity index (χ4n) is 1.61. The molecule has 8 heteroatoms. The molecule has 1 N–H and O–H groups in total. The molecule has 0 spiro atoms. The molecule has 116 valence electrons. The van der Waals surface area contributed by atoms with Crippen LogP contribution in [0.1, 0.15) is 17.8 Å². The average molecular weight is 316 g/mol. The first kappa shape index (κ1) is 15.9. The number of hydrogen-bond donors (Lipinski definition) is 1. The smallest absolute Gasteiger partial charge is 0.448 e. The predicted octanol–water partition coefficient (Wildman–Crippen LogP) is 4.54. The molecule has 22 heavy (non-hydrogen) atoms. The molecule has 0 aliphatic carbocycles. The number of allylic oxidation sites excluding steroid dienone is 1. The zero-order valence-corrected chi connectivity index (χ0v) is 10.9. The van der Waals surface area contributed by atoms with Crippen LogP contribution in [0.5, 0.6) is 0 Å². The molecule has 0 amide bonds. The van der Waals surface area contributed by atoms with E-state index in [9.17, 15) is 22.0 Å². The highest BCUT2D eigenvalue weighted by atomic mass is 19.4. The van der Waals surface area contributed by atoms with Gasteiger partial charge < -0.3 is 5.11 Å². The number of aromatic nitrogens is 2. The van der Waals surface area contributed by atoms with E-state index < -0.39 is 29.7 Å². The van der Waals surface area contributed by atoms with Crippen molar-refractivity contribution in [2.24, 2.45) is 0 Å². The van der Waals surface area contributed by atoms with Gasteiger partial charge in [-0.15, -0.1) is 0 Å². The number of hydrogen-bond acceptors (Lipinski definition) is 3. The number of alkyl halides is 5. The summed E-state index contributed by atoms with van der Waals surface area (Å²) in [5.41, 5.74) is -0.819. The molecule has 0 unspecified atom stereocenters. The van der Waals surface area contributed by atoms with Crippen LogP contribution in [0.3, 0.4) is 0 Å². The number of halogens is 5. The Morgan fingerprint density at radius 2 is 1.73 bits per heavy atom. The Morgan fingerprint density at radius 1 is 1.09 bits per heavy atom. The van der Waals surface area contributed by atoms with Gasteiger partial charge in [-0.1, -0.05) is 30.3 Å². The molecule has 0 aliphatic heterocycles. The van der Waals surface area contributed by atoms with Gasteiger partial charge in [0.15, 0.2) is 11.6 Å². The van der Waals surface area contributed by atoms with Crippen molar-refractivity contribution in [2.75, 3.05) is 0 Å². The summed E-state index contributed by atoms with van der Waals surface area (Å²) in [5.74, 6) is -2.08. The lowest BCUT2D eigenvalue weighted by atomic mass is 10.2. The maximum atomic E-state index is 12.8. The standard InChI is InChI=1S/C14H9F5N2O/c15-12(16)10-6-9(7-11(22)14(17,18)19)20-13(21-10)8-4-2-1-3-5-8/h1-7,12,22H/b11-7-. The summed E-state index contributed by atoms with van der Waals surface area (Å²) in [6.07, 6.45) is -7.69. The third-order valence-corrected chi connectivity index (χ3v) is 2.60. The van der Waals surface area contributed by atoms with Crippen LogP contribution in [0.2, 0.25) is 0 Å². The van der Waals surface area contributed by atoms with E-state index in [1.807, 2.05) is 0 Å². The zero-order valence-electron chi connectivity index (χ0n) is 10.9. The highest BCUT2D eigenvalue weighted by Gasteiger charge is 2.34. The van der Waals surface area contributed by atoms with Crippen molar-refractivity contribution in [1.82, 2.24) is 9.97 Å². The van der Waals surface area contributed by atoms with E-state index in [-0.39, 0.29) is 11.9 Å². The minimum Gasteiger partial charge on any atom is -0.504 e. The van der Waals surface area contributed by atoms with Crippen LogP contribution in [0.15, 0.2) is 42.2 Å². The maximum Gasteiger partial charge on any atom is 0.448 e. The van der Waals surface area contributed by atoms with Crippen molar-refractivity contribution < 1.29 is 27.1 Å². The lowest BCUT2D eigenvalue weighted by Gasteiger charge is -2.08. The van der Waals surface area contributed by atoms with Gasteiger partial charge in [-0.2, -0.15) is 13.2 Å². The molecule has 1 aromatic heterocycles. The molecule has 1 heterocycles. The summed E-state index contributed by atoms with van der Waals surface area (Å²) in [4.78, 5) is 7.38. The first-order valence-electron chi connectivity index (χ1n) is 5.98. The SMILES string of the molecule is O/C(=C\c1cc(C(F)F)nc(-c2ccccc2)n1)C(F)(F)F. The van der Waals surface area contributed by atoms with Gasteiger partial charge in [0, 0.05) is 11.6 Å². The van der Waals surface area contributed by atoms with Gasteiger partial charge in [0.25, 0.3) is 6.43 Å². The van der Waals surface area contributed by atoms with Crippen LogP contribution in [0, 0.1) is 0 Å². The molecule has 1 aromatic carbocycles. The largest absolute Gasteiger partial charge is 0.504 e. The second-order valence-corrected chi connectivity index (χ2v) is 4.24. The molecule has 0 radical (unpaired) electrons. The third kappa shape index (κ3) is 3.78. The van der Waals surface area contributed by atoms with Crippen LogP contribution < -0.4 is 0 Å². The van der Waals surface area contributed by atoms with Gasteiger partial charge in [0.05, 0.1) is 5.69 Å². The minimum absolute atomic E-state index is 0.153. The fraction of sp³-hybridized carbons (Fsp3) is 0.143. The second-order valence-electron chi connectivity index (χ2n) is 4.24. The average Bonchev–Trinajstić information content (AvgIpc) is 2.46. The Hall–Kier alpha value is -2.51. The second kappa shape index (κ2) is 6.08. The Labute approximate surface area is 121 Å². The van der Waals surface area contributed by atoms with E-state index in [4.69, 9.17) is 5.11 Å². The van der Waals surface area contributed by atoms with Crippen molar-refractivity contribution in [1.29, 1.82) is 0 Å². The Balaban J connectivity index is 2.54. The van der Waals surface area contributed by atoms with Gasteiger partial charge in [-0.25, -0.2) is 18.7 Å². The van der Waals surface area contributed by atoms with Crippen molar-refractivity contribution in [3.8, 4) is 11.4 Å². The summed E-state index contributed by atoms with van der Waals surface area (Å²) < 4.78 is 62.6. The monoisotopic (exact) mass is 316 g/mol. The lowest BCUT2D eigenvalue weighted by Crippen LogP contribution is -2.11. The molecule has 2 rings (SSSR count). The summed E-state index contributed by atoms with van der Waals surface area (Å²) in [6.45, 7) is 0. The Bertz CT molecular complexity index is 683. The first-order valence-corrected chi connectivity index (χ1v) is 5.98. The van der Waals surface area contributed by atoms with E-state index in [2.05, 4.69) is 9.97 Å². The topological polar surface area (TPSA) is 46.0 Å². The normalized spacial score (nSPS) is 12.7. The van der Waals surface area contributed by atoms with E-state index in [0.29, 0.717) is 11.6 Å². The highest BCUT2D eigenvalue weighted by Crippen LogP contribution is 2.27. The highest BCUT2D eigenvalue weighted by molar-refractivity contribution is 5.58. The van der Waals surface area contributed by atoms with Gasteiger partial charge in [0.2, 0.25) is 0 Å². The van der Waals surface area contributed by atoms with Crippen molar-refractivity contribution in [3.63, 3.8) is 0 Å². The summed E-state index contributed by atoms with van der Waals surface area (Å²) >= 11 is 0. The maximum absolute atomic E-state index is 12.8. The number of aliphatic hydroxyl groups is 1. The van der Waals surface area contributed by atoms with Gasteiger partial charge >= 0.3 is 6.18 Å². The van der Waals surface area contributed by atoms with Crippen molar-refractivity contribution in [2.45, 2.75) is 12.6 Å². The molecule has 2 aromatic rings. The van der Waals surface area contributed by atoms with Crippen molar-refractivity contribution >= 4 is 6.08 Å². The first-order chi connectivity index (χ1) is 10.3. The minimum atomic E-state index is -4.98. The molecule has 0 saturated heterocycles. The Kier molecular flexibility index (Phi) is 4.39. The molecule has 0 bridgehead atoms. The van der Waals surface area contributed by atoms with Gasteiger partial charge in [-0.3, -0.25) is 0 Å². The summed E-state index contributed by atoms with van der Waals surface area (Å²) in [7, 11) is 0.